The first kappa shape index (κ1) is 16.5. The first-order valence-electron chi connectivity index (χ1n) is 7.88. The van der Waals surface area contributed by atoms with Crippen molar-refractivity contribution in [1.29, 1.82) is 0 Å². The number of nitrogens with one attached hydrogen (secondary N) is 1. The highest BCUT2D eigenvalue weighted by Crippen LogP contribution is 2.23. The van der Waals surface area contributed by atoms with Crippen LogP contribution in [0, 0.1) is 0 Å². The summed E-state index contributed by atoms with van der Waals surface area (Å²) in [5.41, 5.74) is 1.42. The zero-order valence-corrected chi connectivity index (χ0v) is 13.7. The Hall–Kier alpha value is -3.40. The van der Waals surface area contributed by atoms with E-state index in [4.69, 9.17) is 4.74 Å². The van der Waals surface area contributed by atoms with E-state index in [0.29, 0.717) is 28.3 Å². The first-order chi connectivity index (χ1) is 12.1. The zero-order valence-electron chi connectivity index (χ0n) is 13.7. The Morgan fingerprint density at radius 3 is 2.24 bits per heavy atom. The van der Waals surface area contributed by atoms with Crippen LogP contribution in [-0.2, 0) is 0 Å². The Bertz CT molecular complexity index is 904. The molecule has 0 bridgehead atoms. The van der Waals surface area contributed by atoms with Gasteiger partial charge in [-0.25, -0.2) is 0 Å². The minimum atomic E-state index is -0.299. The van der Waals surface area contributed by atoms with Crippen molar-refractivity contribution in [3.8, 4) is 11.5 Å². The molecule has 0 fully saturated rings. The molecule has 0 aliphatic rings. The van der Waals surface area contributed by atoms with Crippen molar-refractivity contribution in [3.05, 3.63) is 90.0 Å². The Morgan fingerprint density at radius 2 is 1.48 bits per heavy atom. The van der Waals surface area contributed by atoms with Gasteiger partial charge in [0.05, 0.1) is 5.69 Å². The van der Waals surface area contributed by atoms with Gasteiger partial charge in [0.1, 0.15) is 11.5 Å². The van der Waals surface area contributed by atoms with Gasteiger partial charge < -0.3 is 10.1 Å². The third kappa shape index (κ3) is 4.12. The Kier molecular flexibility index (Phi) is 4.90. The molecule has 0 spiro atoms. The lowest BCUT2D eigenvalue weighted by molar-refractivity contribution is 0.101. The number of carbonyl (C=O) groups is 2. The molecule has 0 aromatic heterocycles. The third-order valence-corrected chi connectivity index (χ3v) is 3.63. The average molecular weight is 331 g/mol. The molecule has 3 aromatic carbocycles. The Labute approximate surface area is 146 Å². The molecule has 3 rings (SSSR count). The van der Waals surface area contributed by atoms with E-state index in [-0.39, 0.29) is 11.7 Å². The first-order valence-corrected chi connectivity index (χ1v) is 7.88. The van der Waals surface area contributed by atoms with Crippen molar-refractivity contribution in [2.45, 2.75) is 6.92 Å². The number of rotatable bonds is 5. The summed E-state index contributed by atoms with van der Waals surface area (Å²) in [6.07, 6.45) is 0. The van der Waals surface area contributed by atoms with E-state index in [1.165, 1.54) is 6.92 Å². The van der Waals surface area contributed by atoms with E-state index in [0.717, 1.165) is 0 Å². The monoisotopic (exact) mass is 331 g/mol. The highest BCUT2D eigenvalue weighted by Gasteiger charge is 2.12. The topological polar surface area (TPSA) is 55.4 Å². The number of para-hydroxylation sites is 2. The molecule has 0 atom stereocenters. The molecule has 0 aliphatic heterocycles. The number of carbonyl (C=O) groups excluding carboxylic acids is 2. The fourth-order valence-corrected chi connectivity index (χ4v) is 2.42. The normalized spacial score (nSPS) is 10.1. The van der Waals surface area contributed by atoms with Gasteiger partial charge in [-0.15, -0.1) is 0 Å². The van der Waals surface area contributed by atoms with Crippen LogP contribution in [0.25, 0.3) is 0 Å². The van der Waals surface area contributed by atoms with Gasteiger partial charge in [0.25, 0.3) is 5.91 Å². The van der Waals surface area contributed by atoms with Crippen molar-refractivity contribution in [1.82, 2.24) is 0 Å². The van der Waals surface area contributed by atoms with Crippen LogP contribution < -0.4 is 10.1 Å². The van der Waals surface area contributed by atoms with Gasteiger partial charge in [-0.3, -0.25) is 9.59 Å². The summed E-state index contributed by atoms with van der Waals surface area (Å²) in [5.74, 6) is 0.866. The number of benzene rings is 3. The molecule has 124 valence electrons. The quantitative estimate of drug-likeness (QED) is 0.674. The maximum Gasteiger partial charge on any atom is 0.255 e. The predicted octanol–water partition coefficient (Wildman–Crippen LogP) is 4.93. The fourth-order valence-electron chi connectivity index (χ4n) is 2.42. The van der Waals surface area contributed by atoms with Gasteiger partial charge in [0.15, 0.2) is 5.78 Å². The second-order valence-corrected chi connectivity index (χ2v) is 5.50. The van der Waals surface area contributed by atoms with Crippen molar-refractivity contribution in [3.63, 3.8) is 0 Å². The minimum Gasteiger partial charge on any atom is -0.457 e. The van der Waals surface area contributed by atoms with Crippen LogP contribution in [0.3, 0.4) is 0 Å². The number of ether oxygens (including phenoxy) is 1. The third-order valence-electron chi connectivity index (χ3n) is 3.63. The standard InChI is InChI=1S/C21H17NO3/c1-15(23)19-12-5-6-13-20(19)22-21(24)16-8-7-11-18(14-16)25-17-9-3-2-4-10-17/h2-14H,1H3,(H,22,24). The smallest absolute Gasteiger partial charge is 0.255 e. The summed E-state index contributed by atoms with van der Waals surface area (Å²) in [4.78, 5) is 24.2. The molecule has 0 aliphatic carbocycles. The molecule has 1 amide bonds. The molecule has 25 heavy (non-hydrogen) atoms. The molecule has 0 unspecified atom stereocenters. The van der Waals surface area contributed by atoms with Gasteiger partial charge in [0.2, 0.25) is 0 Å². The van der Waals surface area contributed by atoms with Gasteiger partial charge in [-0.05, 0) is 49.4 Å². The van der Waals surface area contributed by atoms with Crippen molar-refractivity contribution < 1.29 is 14.3 Å². The lowest BCUT2D eigenvalue weighted by atomic mass is 10.1. The molecule has 0 heterocycles. The number of Topliss-reactive ketones (excluding diaryl/α,β-unsaturated/α-hetero) is 1. The van der Waals surface area contributed by atoms with Gasteiger partial charge in [-0.1, -0.05) is 36.4 Å². The van der Waals surface area contributed by atoms with E-state index in [1.807, 2.05) is 30.3 Å². The summed E-state index contributed by atoms with van der Waals surface area (Å²) in [6, 6.07) is 23.2. The lowest BCUT2D eigenvalue weighted by Gasteiger charge is -2.10. The van der Waals surface area contributed by atoms with Gasteiger partial charge in [0, 0.05) is 11.1 Å². The second kappa shape index (κ2) is 7.45. The van der Waals surface area contributed by atoms with Crippen LogP contribution in [0.1, 0.15) is 27.6 Å². The minimum absolute atomic E-state index is 0.0999. The van der Waals surface area contributed by atoms with Gasteiger partial charge in [-0.2, -0.15) is 0 Å². The number of amides is 1. The van der Waals surface area contributed by atoms with Crippen LogP contribution >= 0.6 is 0 Å². The summed E-state index contributed by atoms with van der Waals surface area (Å²) in [6.45, 7) is 1.47. The van der Waals surface area contributed by atoms with E-state index < -0.39 is 0 Å². The van der Waals surface area contributed by atoms with E-state index in [1.54, 1.807) is 48.5 Å². The summed E-state index contributed by atoms with van der Waals surface area (Å²) >= 11 is 0. The molecular formula is C21H17NO3. The van der Waals surface area contributed by atoms with E-state index in [9.17, 15) is 9.59 Å². The highest BCUT2D eigenvalue weighted by atomic mass is 16.5. The van der Waals surface area contributed by atoms with E-state index >= 15 is 0 Å². The number of hydrogen-bond donors (Lipinski definition) is 1. The Balaban J connectivity index is 1.79. The lowest BCUT2D eigenvalue weighted by Crippen LogP contribution is -2.14. The summed E-state index contributed by atoms with van der Waals surface area (Å²) < 4.78 is 5.75. The number of ketones is 1. The molecule has 4 heteroatoms. The van der Waals surface area contributed by atoms with Crippen molar-refractivity contribution in [2.24, 2.45) is 0 Å². The van der Waals surface area contributed by atoms with Crippen molar-refractivity contribution in [2.75, 3.05) is 5.32 Å². The predicted molar refractivity (Wildman–Crippen MR) is 97.4 cm³/mol. The van der Waals surface area contributed by atoms with Crippen LogP contribution in [-0.4, -0.2) is 11.7 Å². The molecular weight excluding hydrogens is 314 g/mol. The fraction of sp³-hybridized carbons (Fsp3) is 0.0476. The highest BCUT2D eigenvalue weighted by molar-refractivity contribution is 6.09. The number of anilines is 1. The maximum atomic E-state index is 12.5. The molecule has 0 radical (unpaired) electrons. The molecule has 4 nitrogen and oxygen atoms in total. The average Bonchev–Trinajstić information content (AvgIpc) is 2.63. The molecule has 3 aromatic rings. The maximum absolute atomic E-state index is 12.5. The SMILES string of the molecule is CC(=O)c1ccccc1NC(=O)c1cccc(Oc2ccccc2)c1. The Morgan fingerprint density at radius 1 is 0.800 bits per heavy atom. The number of hydrogen-bond acceptors (Lipinski definition) is 3. The van der Waals surface area contributed by atoms with Crippen molar-refractivity contribution >= 4 is 17.4 Å². The largest absolute Gasteiger partial charge is 0.457 e. The second-order valence-electron chi connectivity index (χ2n) is 5.50. The van der Waals surface area contributed by atoms with E-state index in [2.05, 4.69) is 5.32 Å². The summed E-state index contributed by atoms with van der Waals surface area (Å²) in [5, 5.41) is 2.78. The molecule has 0 saturated heterocycles. The van der Waals surface area contributed by atoms with Crippen LogP contribution in [0.4, 0.5) is 5.69 Å². The molecule has 0 saturated carbocycles. The van der Waals surface area contributed by atoms with Crippen LogP contribution in [0.2, 0.25) is 0 Å². The molecule has 1 N–H and O–H groups in total. The van der Waals surface area contributed by atoms with Crippen LogP contribution in [0.15, 0.2) is 78.9 Å². The van der Waals surface area contributed by atoms with Crippen LogP contribution in [0.5, 0.6) is 11.5 Å². The zero-order chi connectivity index (χ0) is 17.6. The summed E-state index contributed by atoms with van der Waals surface area (Å²) in [7, 11) is 0. The van der Waals surface area contributed by atoms with Gasteiger partial charge >= 0.3 is 0 Å².